The van der Waals surface area contributed by atoms with Crippen LogP contribution in [0.5, 0.6) is 5.75 Å². The summed E-state index contributed by atoms with van der Waals surface area (Å²) in [6.45, 7) is 0.656. The summed E-state index contributed by atoms with van der Waals surface area (Å²) in [6.07, 6.45) is 1.71. The molecule has 0 spiro atoms. The molecule has 0 radical (unpaired) electrons. The zero-order valence-electron chi connectivity index (χ0n) is 10.2. The van der Waals surface area contributed by atoms with E-state index in [-0.39, 0.29) is 5.75 Å². The highest BCUT2D eigenvalue weighted by molar-refractivity contribution is 5.85. The molecule has 0 bridgehead atoms. The van der Waals surface area contributed by atoms with Crippen LogP contribution in [-0.4, -0.2) is 15.0 Å². The van der Waals surface area contributed by atoms with Crippen LogP contribution in [0.25, 0.3) is 10.9 Å². The first-order chi connectivity index (χ1) is 9.24. The first-order valence-corrected chi connectivity index (χ1v) is 5.98. The Labute approximate surface area is 110 Å². The number of nitrogen functional groups attached to an aromatic ring is 1. The number of nitrogens with one attached hydrogen (secondary N) is 1. The standard InChI is InChI=1S/C14H14N4O/c15-12-6-11-9-17-18(13(11)7-14(12)19)16-8-10-4-2-1-3-5-10/h1-7,9,16,19H,8,15H2. The van der Waals surface area contributed by atoms with Crippen LogP contribution in [0.15, 0.2) is 48.7 Å². The van der Waals surface area contributed by atoms with Crippen LogP contribution in [0.3, 0.4) is 0 Å². The molecule has 0 atom stereocenters. The van der Waals surface area contributed by atoms with E-state index in [0.717, 1.165) is 16.5 Å². The fourth-order valence-corrected chi connectivity index (χ4v) is 1.97. The molecular formula is C14H14N4O. The lowest BCUT2D eigenvalue weighted by Gasteiger charge is -2.08. The average Bonchev–Trinajstić information content (AvgIpc) is 2.80. The minimum atomic E-state index is 0.0655. The maximum Gasteiger partial charge on any atom is 0.140 e. The second-order valence-electron chi connectivity index (χ2n) is 4.35. The molecule has 3 aromatic rings. The summed E-state index contributed by atoms with van der Waals surface area (Å²) in [5.41, 5.74) is 11.1. The minimum Gasteiger partial charge on any atom is -0.506 e. The first-order valence-electron chi connectivity index (χ1n) is 5.98. The van der Waals surface area contributed by atoms with Crippen molar-refractivity contribution in [3.8, 4) is 5.75 Å². The zero-order chi connectivity index (χ0) is 13.2. The number of anilines is 1. The molecule has 0 aliphatic heterocycles. The monoisotopic (exact) mass is 254 g/mol. The van der Waals surface area contributed by atoms with E-state index in [1.165, 1.54) is 0 Å². The van der Waals surface area contributed by atoms with Crippen molar-refractivity contribution in [1.29, 1.82) is 0 Å². The smallest absolute Gasteiger partial charge is 0.140 e. The van der Waals surface area contributed by atoms with Crippen molar-refractivity contribution >= 4 is 16.6 Å². The molecule has 0 amide bonds. The highest BCUT2D eigenvalue weighted by Crippen LogP contribution is 2.26. The fraction of sp³-hybridized carbons (Fsp3) is 0.0714. The van der Waals surface area contributed by atoms with Gasteiger partial charge in [-0.2, -0.15) is 9.89 Å². The van der Waals surface area contributed by atoms with Crippen molar-refractivity contribution in [2.45, 2.75) is 6.54 Å². The predicted molar refractivity (Wildman–Crippen MR) is 75.3 cm³/mol. The molecule has 0 unspecified atom stereocenters. The second kappa shape index (κ2) is 4.53. The number of hydrogen-bond acceptors (Lipinski definition) is 4. The molecule has 3 rings (SSSR count). The van der Waals surface area contributed by atoms with E-state index in [1.54, 1.807) is 23.1 Å². The molecule has 5 heteroatoms. The third-order valence-corrected chi connectivity index (χ3v) is 2.99. The van der Waals surface area contributed by atoms with Crippen molar-refractivity contribution in [1.82, 2.24) is 9.89 Å². The second-order valence-corrected chi connectivity index (χ2v) is 4.35. The highest BCUT2D eigenvalue weighted by atomic mass is 16.3. The van der Waals surface area contributed by atoms with Gasteiger partial charge in [-0.25, -0.2) is 0 Å². The third kappa shape index (κ3) is 2.18. The lowest BCUT2D eigenvalue weighted by molar-refractivity contribution is 0.478. The Kier molecular flexibility index (Phi) is 2.72. The van der Waals surface area contributed by atoms with E-state index in [4.69, 9.17) is 5.73 Å². The van der Waals surface area contributed by atoms with Gasteiger partial charge in [0.2, 0.25) is 0 Å². The number of hydrogen-bond donors (Lipinski definition) is 3. The molecule has 4 N–H and O–H groups in total. The molecule has 1 heterocycles. The molecule has 0 saturated heterocycles. The summed E-state index contributed by atoms with van der Waals surface area (Å²) in [4.78, 5) is 1.64. The number of nitrogens with zero attached hydrogens (tertiary/aromatic N) is 2. The van der Waals surface area contributed by atoms with Crippen LogP contribution in [0.1, 0.15) is 5.56 Å². The van der Waals surface area contributed by atoms with Crippen LogP contribution >= 0.6 is 0 Å². The molecule has 19 heavy (non-hydrogen) atoms. The summed E-state index contributed by atoms with van der Waals surface area (Å²) in [5.74, 6) is 0.0655. The molecule has 1 aromatic heterocycles. The Morgan fingerprint density at radius 3 is 2.79 bits per heavy atom. The van der Waals surface area contributed by atoms with Crippen molar-refractivity contribution in [3.05, 3.63) is 54.2 Å². The highest BCUT2D eigenvalue weighted by Gasteiger charge is 2.06. The summed E-state index contributed by atoms with van der Waals surface area (Å²) >= 11 is 0. The van der Waals surface area contributed by atoms with E-state index in [2.05, 4.69) is 10.5 Å². The van der Waals surface area contributed by atoms with Crippen LogP contribution < -0.4 is 11.2 Å². The Bertz CT molecular complexity index is 706. The number of benzene rings is 2. The van der Waals surface area contributed by atoms with Gasteiger partial charge in [-0.3, -0.25) is 0 Å². The van der Waals surface area contributed by atoms with Gasteiger partial charge >= 0.3 is 0 Å². The Balaban J connectivity index is 1.87. The van der Waals surface area contributed by atoms with Crippen molar-refractivity contribution in [3.63, 3.8) is 0 Å². The van der Waals surface area contributed by atoms with Crippen LogP contribution in [0.4, 0.5) is 5.69 Å². The number of aromatic nitrogens is 2. The SMILES string of the molecule is Nc1cc2cnn(NCc3ccccc3)c2cc1O. The maximum atomic E-state index is 9.65. The average molecular weight is 254 g/mol. The van der Waals surface area contributed by atoms with E-state index < -0.39 is 0 Å². The third-order valence-electron chi connectivity index (χ3n) is 2.99. The molecule has 2 aromatic carbocycles. The largest absolute Gasteiger partial charge is 0.506 e. The molecule has 0 aliphatic carbocycles. The quantitative estimate of drug-likeness (QED) is 0.494. The van der Waals surface area contributed by atoms with Crippen LogP contribution in [-0.2, 0) is 6.54 Å². The van der Waals surface area contributed by atoms with Gasteiger partial charge in [-0.1, -0.05) is 30.3 Å². The summed E-state index contributed by atoms with van der Waals surface area (Å²) in [7, 11) is 0. The van der Waals surface area contributed by atoms with Gasteiger partial charge in [-0.15, -0.1) is 0 Å². The van der Waals surface area contributed by atoms with Gasteiger partial charge in [-0.05, 0) is 11.6 Å². The minimum absolute atomic E-state index is 0.0655. The number of phenols is 1. The number of aromatic hydroxyl groups is 1. The number of nitrogens with two attached hydrogens (primary N) is 1. The Morgan fingerprint density at radius 2 is 2.00 bits per heavy atom. The molecule has 0 fully saturated rings. The predicted octanol–water partition coefficient (Wildman–Crippen LogP) is 2.07. The van der Waals surface area contributed by atoms with Gasteiger partial charge in [0.05, 0.1) is 23.9 Å². The van der Waals surface area contributed by atoms with Crippen LogP contribution in [0.2, 0.25) is 0 Å². The normalized spacial score (nSPS) is 10.7. The topological polar surface area (TPSA) is 76.1 Å². The van der Waals surface area contributed by atoms with E-state index in [9.17, 15) is 5.11 Å². The van der Waals surface area contributed by atoms with E-state index in [0.29, 0.717) is 12.2 Å². The number of fused-ring (bicyclic) bond motifs is 1. The molecular weight excluding hydrogens is 240 g/mol. The Hall–Kier alpha value is -2.69. The summed E-state index contributed by atoms with van der Waals surface area (Å²) in [5, 5.41) is 14.8. The van der Waals surface area contributed by atoms with Gasteiger partial charge in [0.25, 0.3) is 0 Å². The van der Waals surface area contributed by atoms with Gasteiger partial charge in [0.1, 0.15) is 5.75 Å². The molecule has 5 nitrogen and oxygen atoms in total. The summed E-state index contributed by atoms with van der Waals surface area (Å²) in [6, 6.07) is 13.3. The maximum absolute atomic E-state index is 9.65. The van der Waals surface area contributed by atoms with Crippen molar-refractivity contribution in [2.75, 3.05) is 11.2 Å². The molecule has 0 saturated carbocycles. The fourth-order valence-electron chi connectivity index (χ4n) is 1.97. The van der Waals surface area contributed by atoms with Gasteiger partial charge < -0.3 is 16.3 Å². The van der Waals surface area contributed by atoms with Crippen molar-refractivity contribution in [2.24, 2.45) is 0 Å². The van der Waals surface area contributed by atoms with E-state index in [1.807, 2.05) is 30.3 Å². The zero-order valence-corrected chi connectivity index (χ0v) is 10.2. The number of phenolic OH excluding ortho intramolecular Hbond substituents is 1. The van der Waals surface area contributed by atoms with Crippen LogP contribution in [0, 0.1) is 0 Å². The van der Waals surface area contributed by atoms with Gasteiger partial charge in [0.15, 0.2) is 0 Å². The molecule has 96 valence electrons. The first kappa shape index (κ1) is 11.4. The number of rotatable bonds is 3. The van der Waals surface area contributed by atoms with Crippen molar-refractivity contribution < 1.29 is 5.11 Å². The lowest BCUT2D eigenvalue weighted by atomic mass is 10.2. The lowest BCUT2D eigenvalue weighted by Crippen LogP contribution is -2.15. The van der Waals surface area contributed by atoms with Gasteiger partial charge in [0, 0.05) is 11.5 Å². The van der Waals surface area contributed by atoms with E-state index >= 15 is 0 Å². The Morgan fingerprint density at radius 1 is 1.21 bits per heavy atom. The molecule has 0 aliphatic rings. The summed E-state index contributed by atoms with van der Waals surface area (Å²) < 4.78 is 0.